The summed E-state index contributed by atoms with van der Waals surface area (Å²) in [6.07, 6.45) is 5.41. The molecule has 0 aliphatic rings. The number of carbonyl (C=O) groups is 3. The Balaban J connectivity index is 1.37. The van der Waals surface area contributed by atoms with E-state index in [2.05, 4.69) is 20.6 Å². The molecule has 214 valence electrons. The fraction of sp³-hybridized carbons (Fsp3) is 0.0909. The first kappa shape index (κ1) is 27.4. The fourth-order valence-electron chi connectivity index (χ4n) is 5.25. The van der Waals surface area contributed by atoms with Crippen molar-refractivity contribution in [3.63, 3.8) is 0 Å². The van der Waals surface area contributed by atoms with Crippen LogP contribution in [0.4, 0.5) is 15.8 Å². The van der Waals surface area contributed by atoms with E-state index in [1.165, 1.54) is 24.3 Å². The highest BCUT2D eigenvalue weighted by molar-refractivity contribution is 6.20. The number of nitrogens with zero attached hydrogens (tertiary/aromatic N) is 2. The third kappa shape index (κ3) is 5.45. The van der Waals surface area contributed by atoms with Gasteiger partial charge >= 0.3 is 0 Å². The van der Waals surface area contributed by atoms with Crippen LogP contribution in [0.15, 0.2) is 91.5 Å². The topological polar surface area (TPSA) is 135 Å². The molecule has 0 radical (unpaired) electrons. The summed E-state index contributed by atoms with van der Waals surface area (Å²) in [5.74, 6) is -1.50. The van der Waals surface area contributed by atoms with Gasteiger partial charge in [-0.15, -0.1) is 0 Å². The van der Waals surface area contributed by atoms with Crippen molar-refractivity contribution < 1.29 is 18.8 Å². The molecule has 0 atom stereocenters. The number of fused-ring (bicyclic) bond motifs is 3. The van der Waals surface area contributed by atoms with Gasteiger partial charge in [0.1, 0.15) is 5.82 Å². The zero-order chi connectivity index (χ0) is 30.1. The molecule has 0 saturated heterocycles. The highest BCUT2D eigenvalue weighted by atomic mass is 19.1. The first-order valence-corrected chi connectivity index (χ1v) is 13.6. The van der Waals surface area contributed by atoms with E-state index in [0.29, 0.717) is 34.6 Å². The number of imidazole rings is 1. The molecule has 0 aliphatic carbocycles. The molecule has 0 saturated carbocycles. The molecule has 10 heteroatoms. The van der Waals surface area contributed by atoms with Gasteiger partial charge in [-0.25, -0.2) is 9.37 Å². The summed E-state index contributed by atoms with van der Waals surface area (Å²) >= 11 is 0. The summed E-state index contributed by atoms with van der Waals surface area (Å²) in [4.78, 5) is 45.2. The highest BCUT2D eigenvalue weighted by Crippen LogP contribution is 2.39. The van der Waals surface area contributed by atoms with Crippen molar-refractivity contribution in [1.29, 1.82) is 0 Å². The molecular formula is C33H27FN6O3. The van der Waals surface area contributed by atoms with Gasteiger partial charge in [-0.05, 0) is 72.1 Å². The Morgan fingerprint density at radius 3 is 2.53 bits per heavy atom. The van der Waals surface area contributed by atoms with E-state index in [4.69, 9.17) is 5.73 Å². The SMILES string of the molecule is Cc1c(NC(=O)c2ccc(F)cc2)cccc1-c1ccc(C(N)=O)c2[nH]c3cc(NC(=O)CCn4ccnc4)ccc3c12. The number of nitrogens with two attached hydrogens (primary N) is 1. The Morgan fingerprint density at radius 2 is 1.79 bits per heavy atom. The van der Waals surface area contributed by atoms with Crippen molar-refractivity contribution in [3.05, 3.63) is 114 Å². The predicted molar refractivity (Wildman–Crippen MR) is 164 cm³/mol. The molecule has 4 aromatic carbocycles. The van der Waals surface area contributed by atoms with E-state index in [0.717, 1.165) is 33.0 Å². The number of hydrogen-bond acceptors (Lipinski definition) is 4. The van der Waals surface area contributed by atoms with Crippen molar-refractivity contribution in [3.8, 4) is 11.1 Å². The first-order valence-electron chi connectivity index (χ1n) is 13.6. The van der Waals surface area contributed by atoms with Crippen molar-refractivity contribution in [1.82, 2.24) is 14.5 Å². The van der Waals surface area contributed by atoms with Crippen molar-refractivity contribution in [2.75, 3.05) is 10.6 Å². The molecule has 0 aliphatic heterocycles. The average molecular weight is 575 g/mol. The Kier molecular flexibility index (Phi) is 7.17. The number of aromatic nitrogens is 3. The Morgan fingerprint density at radius 1 is 0.977 bits per heavy atom. The van der Waals surface area contributed by atoms with Crippen molar-refractivity contribution in [2.24, 2.45) is 5.73 Å². The van der Waals surface area contributed by atoms with Crippen LogP contribution in [0.1, 0.15) is 32.7 Å². The van der Waals surface area contributed by atoms with Gasteiger partial charge in [0.25, 0.3) is 11.8 Å². The summed E-state index contributed by atoms with van der Waals surface area (Å²) in [5, 5.41) is 7.48. The van der Waals surface area contributed by atoms with Crippen molar-refractivity contribution in [2.45, 2.75) is 19.9 Å². The van der Waals surface area contributed by atoms with Crippen LogP contribution in [0.2, 0.25) is 0 Å². The maximum atomic E-state index is 13.3. The van der Waals surface area contributed by atoms with Crippen LogP contribution >= 0.6 is 0 Å². The van der Waals surface area contributed by atoms with Gasteiger partial charge in [0.15, 0.2) is 0 Å². The number of amides is 3. The standard InChI is InChI=1S/C33H27FN6O3/c1-19-23(3-2-4-27(19)39-33(43)20-5-7-21(34)8-6-20)24-11-12-26(32(35)42)31-30(24)25-10-9-22(17-28(25)38-31)37-29(41)13-15-40-16-14-36-18-40/h2-12,14,16-18,38H,13,15H2,1H3,(H2,35,42)(H,37,41)(H,39,43). The molecule has 6 rings (SSSR count). The number of aromatic amines is 1. The Hall–Kier alpha value is -5.77. The first-order chi connectivity index (χ1) is 20.8. The lowest BCUT2D eigenvalue weighted by Gasteiger charge is -2.15. The lowest BCUT2D eigenvalue weighted by molar-refractivity contribution is -0.116. The van der Waals surface area contributed by atoms with Crippen LogP contribution < -0.4 is 16.4 Å². The second-order valence-corrected chi connectivity index (χ2v) is 10.2. The van der Waals surface area contributed by atoms with E-state index in [1.54, 1.807) is 30.9 Å². The number of halogens is 1. The zero-order valence-electron chi connectivity index (χ0n) is 23.1. The number of rotatable bonds is 8. The maximum absolute atomic E-state index is 13.3. The molecule has 2 aromatic heterocycles. The molecule has 0 unspecified atom stereocenters. The second kappa shape index (κ2) is 11.2. The molecule has 3 amide bonds. The van der Waals surface area contributed by atoms with Gasteiger partial charge < -0.3 is 25.9 Å². The molecule has 6 aromatic rings. The number of hydrogen-bond donors (Lipinski definition) is 4. The summed E-state index contributed by atoms with van der Waals surface area (Å²) in [7, 11) is 0. The van der Waals surface area contributed by atoms with E-state index < -0.39 is 11.7 Å². The summed E-state index contributed by atoms with van der Waals surface area (Å²) < 4.78 is 15.2. The minimum atomic E-state index is -0.576. The Bertz CT molecular complexity index is 2010. The quantitative estimate of drug-likeness (QED) is 0.177. The molecule has 2 heterocycles. The minimum absolute atomic E-state index is 0.141. The smallest absolute Gasteiger partial charge is 0.255 e. The van der Waals surface area contributed by atoms with E-state index in [1.807, 2.05) is 47.9 Å². The third-order valence-corrected chi connectivity index (χ3v) is 7.44. The fourth-order valence-corrected chi connectivity index (χ4v) is 5.25. The van der Waals surface area contributed by atoms with Gasteiger partial charge in [0, 0.05) is 58.6 Å². The molecule has 0 fully saturated rings. The molecule has 43 heavy (non-hydrogen) atoms. The molecule has 0 bridgehead atoms. The Labute approximate surface area is 245 Å². The van der Waals surface area contributed by atoms with Gasteiger partial charge in [0.05, 0.1) is 17.4 Å². The number of benzene rings is 4. The second-order valence-electron chi connectivity index (χ2n) is 10.2. The normalized spacial score (nSPS) is 11.1. The van der Waals surface area contributed by atoms with Crippen LogP contribution in [0.25, 0.3) is 32.9 Å². The maximum Gasteiger partial charge on any atom is 0.255 e. The molecule has 0 spiro atoms. The van der Waals surface area contributed by atoms with E-state index in [9.17, 15) is 18.8 Å². The molecular weight excluding hydrogens is 547 g/mol. The largest absolute Gasteiger partial charge is 0.366 e. The van der Waals surface area contributed by atoms with Gasteiger partial charge in [-0.1, -0.05) is 24.3 Å². The number of carbonyl (C=O) groups excluding carboxylic acids is 3. The number of anilines is 2. The highest BCUT2D eigenvalue weighted by Gasteiger charge is 2.19. The van der Waals surface area contributed by atoms with E-state index >= 15 is 0 Å². The van der Waals surface area contributed by atoms with Crippen molar-refractivity contribution >= 4 is 50.9 Å². The lowest BCUT2D eigenvalue weighted by atomic mass is 9.93. The number of H-pyrrole nitrogens is 1. The van der Waals surface area contributed by atoms with Crippen LogP contribution in [0.5, 0.6) is 0 Å². The summed E-state index contributed by atoms with van der Waals surface area (Å²) in [6.45, 7) is 2.41. The number of primary amides is 1. The van der Waals surface area contributed by atoms with E-state index in [-0.39, 0.29) is 18.2 Å². The van der Waals surface area contributed by atoms with Gasteiger partial charge in [0.2, 0.25) is 5.91 Å². The van der Waals surface area contributed by atoms with Crippen LogP contribution in [0.3, 0.4) is 0 Å². The lowest BCUT2D eigenvalue weighted by Crippen LogP contribution is -2.13. The summed E-state index contributed by atoms with van der Waals surface area (Å²) in [5.41, 5.74) is 11.4. The molecule has 9 nitrogen and oxygen atoms in total. The average Bonchev–Trinajstić information content (AvgIpc) is 3.65. The van der Waals surface area contributed by atoms with Gasteiger partial charge in [-0.2, -0.15) is 0 Å². The van der Waals surface area contributed by atoms with Crippen LogP contribution in [-0.2, 0) is 11.3 Å². The third-order valence-electron chi connectivity index (χ3n) is 7.44. The predicted octanol–water partition coefficient (Wildman–Crippen LogP) is 6.01. The zero-order valence-corrected chi connectivity index (χ0v) is 23.1. The number of nitrogens with one attached hydrogen (secondary N) is 3. The van der Waals surface area contributed by atoms with Crippen LogP contribution in [0, 0.1) is 12.7 Å². The molecule has 5 N–H and O–H groups in total. The minimum Gasteiger partial charge on any atom is -0.366 e. The summed E-state index contributed by atoms with van der Waals surface area (Å²) in [6, 6.07) is 20.0. The number of aryl methyl sites for hydroxylation is 1. The monoisotopic (exact) mass is 574 g/mol. The van der Waals surface area contributed by atoms with Crippen LogP contribution in [-0.4, -0.2) is 32.3 Å². The van der Waals surface area contributed by atoms with Gasteiger partial charge in [-0.3, -0.25) is 14.4 Å².